The van der Waals surface area contributed by atoms with Gasteiger partial charge < -0.3 is 15.1 Å². The highest BCUT2D eigenvalue weighted by Gasteiger charge is 2.42. The number of hydrogen-bond donors (Lipinski definition) is 1. The molecule has 1 amide bonds. The summed E-state index contributed by atoms with van der Waals surface area (Å²) in [7, 11) is -2.96. The number of aliphatic imine (C=N–C) groups is 1. The number of anilines is 2. The summed E-state index contributed by atoms with van der Waals surface area (Å²) in [5.41, 5.74) is 2.56. The van der Waals surface area contributed by atoms with E-state index in [1.165, 1.54) is 11.8 Å². The van der Waals surface area contributed by atoms with Crippen molar-refractivity contribution >= 4 is 55.6 Å². The number of thioether (sulfide) groups is 1. The number of carbonyl (C=O) groups excluding carboxylic acids is 1. The molecule has 0 bridgehead atoms. The summed E-state index contributed by atoms with van der Waals surface area (Å²) < 4.78 is 23.4. The Balaban J connectivity index is 1.17. The molecular weight excluding hydrogens is 468 g/mol. The van der Waals surface area contributed by atoms with Gasteiger partial charge in [-0.1, -0.05) is 29.4 Å². The van der Waals surface area contributed by atoms with Gasteiger partial charge in [0.25, 0.3) is 5.91 Å². The quantitative estimate of drug-likeness (QED) is 0.712. The van der Waals surface area contributed by atoms with Gasteiger partial charge in [0, 0.05) is 53.4 Å². The van der Waals surface area contributed by atoms with Gasteiger partial charge in [-0.25, -0.2) is 8.42 Å². The van der Waals surface area contributed by atoms with Crippen LogP contribution in [0.5, 0.6) is 0 Å². The average Bonchev–Trinajstić information content (AvgIpc) is 3.26. The number of sulfone groups is 1. The lowest BCUT2D eigenvalue weighted by molar-refractivity contribution is 0.0747. The molecule has 0 spiro atoms. The van der Waals surface area contributed by atoms with E-state index in [1.807, 2.05) is 53.4 Å². The zero-order chi connectivity index (χ0) is 22.3. The highest BCUT2D eigenvalue weighted by Crippen LogP contribution is 2.34. The van der Waals surface area contributed by atoms with E-state index in [2.05, 4.69) is 15.2 Å². The van der Waals surface area contributed by atoms with Gasteiger partial charge in [0.05, 0.1) is 17.5 Å². The minimum absolute atomic E-state index is 0.00827. The van der Waals surface area contributed by atoms with Crippen LogP contribution in [0.3, 0.4) is 0 Å². The molecule has 3 aliphatic heterocycles. The highest BCUT2D eigenvalue weighted by atomic mass is 35.5. The standard InChI is InChI=1S/C22H23ClN4O3S2/c23-16-2-1-3-18(12-16)26-8-10-27(11-9-26)21(28)15-4-6-17(7-5-15)24-22-25-19-13-32(29,30)14-20(19)31-22/h1-7,12,19-20H,8-11,13-14H2,(H,24,25). The third kappa shape index (κ3) is 4.60. The van der Waals surface area contributed by atoms with E-state index in [9.17, 15) is 13.2 Å². The van der Waals surface area contributed by atoms with Crippen LogP contribution < -0.4 is 10.2 Å². The number of amidine groups is 1. The van der Waals surface area contributed by atoms with E-state index < -0.39 is 9.84 Å². The van der Waals surface area contributed by atoms with Crippen LogP contribution in [0.2, 0.25) is 5.02 Å². The summed E-state index contributed by atoms with van der Waals surface area (Å²) in [6.45, 7) is 2.84. The van der Waals surface area contributed by atoms with Crippen molar-refractivity contribution < 1.29 is 13.2 Å². The molecule has 7 nitrogen and oxygen atoms in total. The maximum atomic E-state index is 12.9. The molecule has 2 aromatic carbocycles. The van der Waals surface area contributed by atoms with Crippen LogP contribution in [0.4, 0.5) is 11.4 Å². The van der Waals surface area contributed by atoms with Gasteiger partial charge in [-0.3, -0.25) is 9.79 Å². The predicted octanol–water partition coefficient (Wildman–Crippen LogP) is 2.98. The van der Waals surface area contributed by atoms with Crippen LogP contribution >= 0.6 is 23.4 Å². The Bertz CT molecular complexity index is 1160. The second-order valence-corrected chi connectivity index (χ2v) is 12.0. The first-order valence-electron chi connectivity index (χ1n) is 10.5. The van der Waals surface area contributed by atoms with Gasteiger partial charge in [0.2, 0.25) is 0 Å². The Labute approximate surface area is 196 Å². The second kappa shape index (κ2) is 8.61. The Kier molecular flexibility index (Phi) is 5.81. The van der Waals surface area contributed by atoms with Gasteiger partial charge in [0.1, 0.15) is 0 Å². The predicted molar refractivity (Wildman–Crippen MR) is 131 cm³/mol. The topological polar surface area (TPSA) is 82.1 Å². The van der Waals surface area contributed by atoms with Crippen LogP contribution in [-0.2, 0) is 9.84 Å². The van der Waals surface area contributed by atoms with Crippen LogP contribution in [0, 0.1) is 0 Å². The molecule has 168 valence electrons. The molecule has 3 heterocycles. The van der Waals surface area contributed by atoms with E-state index in [0.717, 1.165) is 29.6 Å². The summed E-state index contributed by atoms with van der Waals surface area (Å²) >= 11 is 7.58. The van der Waals surface area contributed by atoms with Crippen molar-refractivity contribution in [3.05, 3.63) is 59.1 Å². The highest BCUT2D eigenvalue weighted by molar-refractivity contribution is 8.15. The Hall–Kier alpha value is -2.23. The third-order valence-corrected chi connectivity index (χ3v) is 9.32. The lowest BCUT2D eigenvalue weighted by Gasteiger charge is -2.36. The molecule has 0 aliphatic carbocycles. The van der Waals surface area contributed by atoms with Crippen LogP contribution in [-0.4, -0.2) is 73.4 Å². The van der Waals surface area contributed by atoms with E-state index >= 15 is 0 Å². The summed E-state index contributed by atoms with van der Waals surface area (Å²) in [5.74, 6) is 0.345. The van der Waals surface area contributed by atoms with E-state index in [1.54, 1.807) is 0 Å². The van der Waals surface area contributed by atoms with Crippen molar-refractivity contribution in [3.63, 3.8) is 0 Å². The fraction of sp³-hybridized carbons (Fsp3) is 0.364. The minimum atomic E-state index is -2.96. The van der Waals surface area contributed by atoms with Crippen molar-refractivity contribution in [1.82, 2.24) is 4.90 Å². The van der Waals surface area contributed by atoms with Gasteiger partial charge in [0.15, 0.2) is 15.0 Å². The first-order chi connectivity index (χ1) is 15.4. The number of nitrogens with one attached hydrogen (secondary N) is 1. The fourth-order valence-electron chi connectivity index (χ4n) is 4.26. The number of halogens is 1. The van der Waals surface area contributed by atoms with E-state index in [-0.39, 0.29) is 28.7 Å². The van der Waals surface area contributed by atoms with Crippen LogP contribution in [0.25, 0.3) is 0 Å². The normalized spacial score (nSPS) is 24.2. The molecule has 5 rings (SSSR count). The fourth-order valence-corrected chi connectivity index (χ4v) is 8.12. The molecule has 2 aromatic rings. The van der Waals surface area contributed by atoms with Gasteiger partial charge in [-0.2, -0.15) is 0 Å². The number of rotatable bonds is 3. The van der Waals surface area contributed by atoms with Gasteiger partial charge in [-0.05, 0) is 42.5 Å². The van der Waals surface area contributed by atoms with Gasteiger partial charge in [-0.15, -0.1) is 0 Å². The molecule has 3 aliphatic rings. The zero-order valence-corrected chi connectivity index (χ0v) is 19.7. The first-order valence-corrected chi connectivity index (χ1v) is 13.6. The van der Waals surface area contributed by atoms with Crippen molar-refractivity contribution in [2.45, 2.75) is 11.3 Å². The Morgan fingerprint density at radius 2 is 1.81 bits per heavy atom. The zero-order valence-electron chi connectivity index (χ0n) is 17.3. The molecule has 2 atom stereocenters. The molecule has 10 heteroatoms. The summed E-state index contributed by atoms with van der Waals surface area (Å²) in [6, 6.07) is 15.0. The maximum Gasteiger partial charge on any atom is 0.253 e. The first kappa shape index (κ1) is 21.6. The van der Waals surface area contributed by atoms with Crippen molar-refractivity contribution in [2.75, 3.05) is 47.9 Å². The molecule has 2 saturated heterocycles. The lowest BCUT2D eigenvalue weighted by Crippen LogP contribution is -2.48. The summed E-state index contributed by atoms with van der Waals surface area (Å²) in [6.07, 6.45) is 0. The minimum Gasteiger partial charge on any atom is -0.368 e. The number of fused-ring (bicyclic) bond motifs is 1. The average molecular weight is 491 g/mol. The SMILES string of the molecule is O=C(c1ccc(NC2=NC3CS(=O)(=O)CC3S2)cc1)N1CCN(c2cccc(Cl)c2)CC1. The summed E-state index contributed by atoms with van der Waals surface area (Å²) in [4.78, 5) is 21.6. The third-order valence-electron chi connectivity index (χ3n) is 5.94. The van der Waals surface area contributed by atoms with E-state index in [4.69, 9.17) is 11.6 Å². The molecule has 1 N–H and O–H groups in total. The molecule has 2 fully saturated rings. The smallest absolute Gasteiger partial charge is 0.253 e. The summed E-state index contributed by atoms with van der Waals surface area (Å²) in [5, 5.41) is 4.71. The van der Waals surface area contributed by atoms with Crippen LogP contribution in [0.1, 0.15) is 10.4 Å². The Morgan fingerprint density at radius 1 is 1.06 bits per heavy atom. The molecule has 2 unspecified atom stereocenters. The number of hydrogen-bond acceptors (Lipinski definition) is 7. The second-order valence-electron chi connectivity index (χ2n) is 8.20. The van der Waals surface area contributed by atoms with Crippen molar-refractivity contribution in [1.29, 1.82) is 0 Å². The van der Waals surface area contributed by atoms with Crippen molar-refractivity contribution in [3.8, 4) is 0 Å². The number of piperazine rings is 1. The maximum absolute atomic E-state index is 12.9. The molecule has 0 saturated carbocycles. The Morgan fingerprint density at radius 3 is 2.50 bits per heavy atom. The largest absolute Gasteiger partial charge is 0.368 e. The van der Waals surface area contributed by atoms with Gasteiger partial charge >= 0.3 is 0 Å². The molecule has 32 heavy (non-hydrogen) atoms. The number of benzene rings is 2. The van der Waals surface area contributed by atoms with E-state index in [0.29, 0.717) is 23.7 Å². The number of carbonyl (C=O) groups is 1. The lowest BCUT2D eigenvalue weighted by atomic mass is 10.1. The van der Waals surface area contributed by atoms with Crippen LogP contribution in [0.15, 0.2) is 53.5 Å². The molecule has 0 radical (unpaired) electrons. The number of amides is 1. The molecule has 0 aromatic heterocycles. The van der Waals surface area contributed by atoms with Crippen molar-refractivity contribution in [2.24, 2.45) is 4.99 Å². The number of nitrogens with zero attached hydrogens (tertiary/aromatic N) is 3. The molecular formula is C22H23ClN4O3S2. The monoisotopic (exact) mass is 490 g/mol.